The monoisotopic (exact) mass is 301 g/mol. The van der Waals surface area contributed by atoms with Gasteiger partial charge in [-0.3, -0.25) is 0 Å². The summed E-state index contributed by atoms with van der Waals surface area (Å²) < 4.78 is 16.3. The Labute approximate surface area is 126 Å². The van der Waals surface area contributed by atoms with E-state index in [1.807, 2.05) is 26.0 Å². The molecule has 0 aliphatic heterocycles. The summed E-state index contributed by atoms with van der Waals surface area (Å²) in [6.45, 7) is 4.10. The Morgan fingerprint density at radius 1 is 1.23 bits per heavy atom. The minimum absolute atomic E-state index is 0.360. The molecule has 1 N–H and O–H groups in total. The van der Waals surface area contributed by atoms with Crippen molar-refractivity contribution in [2.24, 2.45) is 0 Å². The van der Waals surface area contributed by atoms with Crippen LogP contribution in [-0.2, 0) is 6.61 Å². The van der Waals surface area contributed by atoms with Crippen molar-refractivity contribution >= 4 is 0 Å². The van der Waals surface area contributed by atoms with Gasteiger partial charge >= 0.3 is 0 Å². The van der Waals surface area contributed by atoms with Gasteiger partial charge in [-0.25, -0.2) is 0 Å². The van der Waals surface area contributed by atoms with E-state index in [0.717, 1.165) is 22.6 Å². The number of hydrogen-bond donors (Lipinski definition) is 1. The standard InChI is InChI=1S/C14H15N5O3/c1-8-11(9(2)22-17-8)7-21-12-5-4-10(6-13(12)20-3)14-15-18-19-16-14/h4-6H,7H2,1-3H3,(H,15,16,18,19). The molecule has 8 heteroatoms. The molecule has 1 aromatic carbocycles. The second-order valence-corrected chi connectivity index (χ2v) is 4.69. The number of nitrogens with one attached hydrogen (secondary N) is 1. The number of nitrogens with zero attached hydrogens (tertiary/aromatic N) is 4. The van der Waals surface area contributed by atoms with E-state index in [4.69, 9.17) is 14.0 Å². The Kier molecular flexibility index (Phi) is 3.73. The highest BCUT2D eigenvalue weighted by Gasteiger charge is 2.13. The third kappa shape index (κ3) is 2.62. The van der Waals surface area contributed by atoms with Gasteiger partial charge in [-0.15, -0.1) is 10.2 Å². The van der Waals surface area contributed by atoms with Crippen LogP contribution in [0.1, 0.15) is 17.0 Å². The smallest absolute Gasteiger partial charge is 0.204 e. The van der Waals surface area contributed by atoms with Crippen LogP contribution in [0.4, 0.5) is 0 Å². The molecule has 0 bridgehead atoms. The molecule has 0 aliphatic rings. The van der Waals surface area contributed by atoms with Crippen LogP contribution in [0.15, 0.2) is 22.7 Å². The summed E-state index contributed by atoms with van der Waals surface area (Å²) in [5.41, 5.74) is 2.54. The van der Waals surface area contributed by atoms with Crippen LogP contribution in [0.5, 0.6) is 11.5 Å². The number of H-pyrrole nitrogens is 1. The summed E-state index contributed by atoms with van der Waals surface area (Å²) >= 11 is 0. The van der Waals surface area contributed by atoms with Crippen LogP contribution in [0.25, 0.3) is 11.4 Å². The lowest BCUT2D eigenvalue weighted by atomic mass is 10.2. The van der Waals surface area contributed by atoms with E-state index in [1.165, 1.54) is 0 Å². The SMILES string of the molecule is COc1cc(-c2nn[nH]n2)ccc1OCc1c(C)noc1C. The second-order valence-electron chi connectivity index (χ2n) is 4.69. The summed E-state index contributed by atoms with van der Waals surface area (Å²) in [6.07, 6.45) is 0. The highest BCUT2D eigenvalue weighted by atomic mass is 16.5. The van der Waals surface area contributed by atoms with Crippen molar-refractivity contribution < 1.29 is 14.0 Å². The third-order valence-electron chi connectivity index (χ3n) is 3.32. The number of ether oxygens (including phenoxy) is 2. The topological polar surface area (TPSA) is 99.0 Å². The molecular formula is C14H15N5O3. The van der Waals surface area contributed by atoms with Gasteiger partial charge in [0.1, 0.15) is 12.4 Å². The predicted octanol–water partition coefficient (Wildman–Crippen LogP) is 2.06. The van der Waals surface area contributed by atoms with E-state index in [-0.39, 0.29) is 0 Å². The lowest BCUT2D eigenvalue weighted by Gasteiger charge is -2.11. The van der Waals surface area contributed by atoms with Gasteiger partial charge in [0.15, 0.2) is 11.5 Å². The molecule has 0 atom stereocenters. The zero-order valence-corrected chi connectivity index (χ0v) is 12.5. The molecule has 0 spiro atoms. The molecule has 22 heavy (non-hydrogen) atoms. The van der Waals surface area contributed by atoms with E-state index < -0.39 is 0 Å². The fraction of sp³-hybridized carbons (Fsp3) is 0.286. The van der Waals surface area contributed by atoms with Gasteiger partial charge in [-0.2, -0.15) is 5.21 Å². The van der Waals surface area contributed by atoms with Crippen molar-refractivity contribution in [1.29, 1.82) is 0 Å². The number of aryl methyl sites for hydroxylation is 2. The summed E-state index contributed by atoms with van der Waals surface area (Å²) in [4.78, 5) is 0. The van der Waals surface area contributed by atoms with Gasteiger partial charge in [0, 0.05) is 5.56 Å². The molecule has 3 aromatic rings. The van der Waals surface area contributed by atoms with Crippen molar-refractivity contribution in [3.8, 4) is 22.9 Å². The van der Waals surface area contributed by atoms with Crippen LogP contribution in [0.3, 0.4) is 0 Å². The van der Waals surface area contributed by atoms with E-state index in [2.05, 4.69) is 25.8 Å². The van der Waals surface area contributed by atoms with Crippen molar-refractivity contribution in [3.05, 3.63) is 35.2 Å². The third-order valence-corrected chi connectivity index (χ3v) is 3.32. The number of methoxy groups -OCH3 is 1. The van der Waals surface area contributed by atoms with Gasteiger partial charge < -0.3 is 14.0 Å². The quantitative estimate of drug-likeness (QED) is 0.770. The van der Waals surface area contributed by atoms with Gasteiger partial charge in [-0.05, 0) is 37.3 Å². The van der Waals surface area contributed by atoms with E-state index in [1.54, 1.807) is 13.2 Å². The molecule has 2 heterocycles. The fourth-order valence-corrected chi connectivity index (χ4v) is 2.07. The molecule has 8 nitrogen and oxygen atoms in total. The minimum Gasteiger partial charge on any atom is -0.493 e. The predicted molar refractivity (Wildman–Crippen MR) is 76.5 cm³/mol. The normalized spacial score (nSPS) is 10.7. The lowest BCUT2D eigenvalue weighted by Crippen LogP contribution is -2.00. The number of rotatable bonds is 5. The Balaban J connectivity index is 1.82. The highest BCUT2D eigenvalue weighted by Crippen LogP contribution is 2.32. The Morgan fingerprint density at radius 2 is 2.09 bits per heavy atom. The van der Waals surface area contributed by atoms with Gasteiger partial charge in [-0.1, -0.05) is 5.16 Å². The van der Waals surface area contributed by atoms with Crippen molar-refractivity contribution in [2.75, 3.05) is 7.11 Å². The molecule has 0 amide bonds. The first-order chi connectivity index (χ1) is 10.7. The lowest BCUT2D eigenvalue weighted by molar-refractivity contribution is 0.281. The van der Waals surface area contributed by atoms with Gasteiger partial charge in [0.2, 0.25) is 5.82 Å². The maximum atomic E-state index is 5.82. The molecule has 0 aliphatic carbocycles. The Bertz CT molecular complexity index is 747. The minimum atomic E-state index is 0.360. The fourth-order valence-electron chi connectivity index (χ4n) is 2.07. The number of benzene rings is 1. The summed E-state index contributed by atoms with van der Waals surface area (Å²) in [6, 6.07) is 5.45. The van der Waals surface area contributed by atoms with Crippen molar-refractivity contribution in [2.45, 2.75) is 20.5 Å². The van der Waals surface area contributed by atoms with Gasteiger partial charge in [0.25, 0.3) is 0 Å². The highest BCUT2D eigenvalue weighted by molar-refractivity contribution is 5.60. The van der Waals surface area contributed by atoms with Crippen molar-refractivity contribution in [1.82, 2.24) is 25.8 Å². The second kappa shape index (κ2) is 5.84. The number of hydrogen-bond acceptors (Lipinski definition) is 7. The molecule has 2 aromatic heterocycles. The van der Waals surface area contributed by atoms with E-state index >= 15 is 0 Å². The van der Waals surface area contributed by atoms with Crippen molar-refractivity contribution in [3.63, 3.8) is 0 Å². The zero-order chi connectivity index (χ0) is 15.5. The first kappa shape index (κ1) is 14.1. The molecule has 3 rings (SSSR count). The maximum absolute atomic E-state index is 5.82. The Hall–Kier alpha value is -2.90. The van der Waals surface area contributed by atoms with Gasteiger partial charge in [0.05, 0.1) is 18.4 Å². The van der Waals surface area contributed by atoms with Crippen LogP contribution in [0, 0.1) is 13.8 Å². The zero-order valence-electron chi connectivity index (χ0n) is 12.5. The van der Waals surface area contributed by atoms with E-state index in [9.17, 15) is 0 Å². The number of aromatic nitrogens is 5. The number of aromatic amines is 1. The first-order valence-corrected chi connectivity index (χ1v) is 6.65. The van der Waals surface area contributed by atoms with Crippen LogP contribution in [-0.4, -0.2) is 32.9 Å². The average molecular weight is 301 g/mol. The Morgan fingerprint density at radius 3 is 2.73 bits per heavy atom. The number of tetrazole rings is 1. The maximum Gasteiger partial charge on any atom is 0.204 e. The molecule has 0 fully saturated rings. The van der Waals surface area contributed by atoms with Crippen LogP contribution in [0.2, 0.25) is 0 Å². The molecule has 114 valence electrons. The van der Waals surface area contributed by atoms with Crippen LogP contribution >= 0.6 is 0 Å². The molecule has 0 unspecified atom stereocenters. The molecule has 0 saturated carbocycles. The molecular weight excluding hydrogens is 286 g/mol. The summed E-state index contributed by atoms with van der Waals surface area (Å²) in [7, 11) is 1.58. The average Bonchev–Trinajstić information content (AvgIpc) is 3.17. The largest absolute Gasteiger partial charge is 0.493 e. The summed E-state index contributed by atoms with van der Waals surface area (Å²) in [5.74, 6) is 2.46. The molecule has 0 radical (unpaired) electrons. The summed E-state index contributed by atoms with van der Waals surface area (Å²) in [5, 5.41) is 17.7. The first-order valence-electron chi connectivity index (χ1n) is 6.65. The molecule has 0 saturated heterocycles. The van der Waals surface area contributed by atoms with Crippen LogP contribution < -0.4 is 9.47 Å². The van der Waals surface area contributed by atoms with E-state index in [0.29, 0.717) is 23.9 Å².